The molecule has 0 saturated carbocycles. The lowest BCUT2D eigenvalue weighted by Gasteiger charge is -2.20. The first-order valence-electron chi connectivity index (χ1n) is 6.91. The fraction of sp³-hybridized carbons (Fsp3) is 0.538. The lowest BCUT2D eigenvalue weighted by Crippen LogP contribution is -2.43. The molecule has 2 atom stereocenters. The van der Waals surface area contributed by atoms with Gasteiger partial charge in [-0.3, -0.25) is 9.59 Å². The van der Waals surface area contributed by atoms with Crippen LogP contribution >= 0.6 is 11.3 Å². The zero-order valence-corrected chi connectivity index (χ0v) is 14.0. The maximum Gasteiger partial charge on any atom is 0.253 e. The van der Waals surface area contributed by atoms with Crippen molar-refractivity contribution in [3.63, 3.8) is 0 Å². The molecular formula is C13H19N3O4S2. The molecule has 0 unspecified atom stereocenters. The van der Waals surface area contributed by atoms with Crippen LogP contribution in [0, 0.1) is 0 Å². The lowest BCUT2D eigenvalue weighted by atomic mass is 10.2. The van der Waals surface area contributed by atoms with E-state index in [2.05, 4.69) is 5.32 Å². The molecule has 2 heterocycles. The Balaban J connectivity index is 2.25. The molecular weight excluding hydrogens is 326 g/mol. The van der Waals surface area contributed by atoms with E-state index in [9.17, 15) is 18.0 Å². The van der Waals surface area contributed by atoms with Crippen LogP contribution in [0.1, 0.15) is 37.6 Å². The maximum atomic E-state index is 12.6. The van der Waals surface area contributed by atoms with Gasteiger partial charge in [-0.05, 0) is 31.9 Å². The van der Waals surface area contributed by atoms with Crippen molar-refractivity contribution in [2.24, 2.45) is 5.73 Å². The Morgan fingerprint density at radius 2 is 2.14 bits per heavy atom. The minimum Gasteiger partial charge on any atom is -0.368 e. The second kappa shape index (κ2) is 6.35. The number of primary amides is 1. The number of nitrogens with two attached hydrogens (primary N) is 1. The fourth-order valence-corrected chi connectivity index (χ4v) is 5.63. The summed E-state index contributed by atoms with van der Waals surface area (Å²) in [6.45, 7) is 3.49. The molecule has 1 aliphatic heterocycles. The highest BCUT2D eigenvalue weighted by Gasteiger charge is 2.39. The second-order valence-corrected chi connectivity index (χ2v) is 8.49. The highest BCUT2D eigenvalue weighted by Crippen LogP contribution is 2.32. The van der Waals surface area contributed by atoms with Gasteiger partial charge < -0.3 is 11.1 Å². The molecule has 1 aliphatic rings. The molecule has 22 heavy (non-hydrogen) atoms. The van der Waals surface area contributed by atoms with Gasteiger partial charge in [-0.1, -0.05) is 0 Å². The van der Waals surface area contributed by atoms with Crippen molar-refractivity contribution >= 4 is 33.2 Å². The Hall–Kier alpha value is -1.45. The SMILES string of the molecule is CC(=O)N[C@H](C)c1ccc(S(=O)(=O)N2CCC[C@@H]2C(N)=O)s1. The number of sulfonamides is 1. The monoisotopic (exact) mass is 345 g/mol. The molecule has 0 aromatic carbocycles. The maximum absolute atomic E-state index is 12.6. The predicted octanol–water partition coefficient (Wildman–Crippen LogP) is 0.584. The topological polar surface area (TPSA) is 110 Å². The van der Waals surface area contributed by atoms with E-state index in [1.807, 2.05) is 0 Å². The van der Waals surface area contributed by atoms with E-state index in [4.69, 9.17) is 5.73 Å². The summed E-state index contributed by atoms with van der Waals surface area (Å²) in [7, 11) is -3.74. The Labute approximate surface area is 133 Å². The molecule has 3 N–H and O–H groups in total. The van der Waals surface area contributed by atoms with E-state index in [1.165, 1.54) is 17.3 Å². The van der Waals surface area contributed by atoms with Crippen LogP contribution in [0.2, 0.25) is 0 Å². The van der Waals surface area contributed by atoms with Crippen LogP contribution < -0.4 is 11.1 Å². The van der Waals surface area contributed by atoms with E-state index in [0.29, 0.717) is 19.4 Å². The predicted molar refractivity (Wildman–Crippen MR) is 82.7 cm³/mol. The average Bonchev–Trinajstić information content (AvgIpc) is 3.08. The molecule has 1 fully saturated rings. The number of nitrogens with zero attached hydrogens (tertiary/aromatic N) is 1. The van der Waals surface area contributed by atoms with Crippen LogP contribution in [-0.4, -0.2) is 37.1 Å². The van der Waals surface area contributed by atoms with Crippen LogP contribution in [-0.2, 0) is 19.6 Å². The Bertz CT molecular complexity index is 683. The summed E-state index contributed by atoms with van der Waals surface area (Å²) in [5.41, 5.74) is 5.28. The van der Waals surface area contributed by atoms with E-state index >= 15 is 0 Å². The Morgan fingerprint density at radius 1 is 1.45 bits per heavy atom. The van der Waals surface area contributed by atoms with Crippen molar-refractivity contribution in [2.45, 2.75) is 43.0 Å². The summed E-state index contributed by atoms with van der Waals surface area (Å²) >= 11 is 1.09. The number of rotatable bonds is 5. The molecule has 122 valence electrons. The number of carbonyl (C=O) groups is 2. The second-order valence-electron chi connectivity index (χ2n) is 5.26. The van der Waals surface area contributed by atoms with Crippen LogP contribution in [0.25, 0.3) is 0 Å². The third-order valence-corrected chi connectivity index (χ3v) is 7.19. The van der Waals surface area contributed by atoms with Crippen LogP contribution in [0.4, 0.5) is 0 Å². The number of hydrogen-bond acceptors (Lipinski definition) is 5. The van der Waals surface area contributed by atoms with E-state index in [1.54, 1.807) is 13.0 Å². The quantitative estimate of drug-likeness (QED) is 0.813. The first kappa shape index (κ1) is 16.9. The summed E-state index contributed by atoms with van der Waals surface area (Å²) in [5.74, 6) is -0.803. The number of amides is 2. The first-order chi connectivity index (χ1) is 10.2. The minimum atomic E-state index is -3.74. The van der Waals surface area contributed by atoms with Crippen molar-refractivity contribution in [1.82, 2.24) is 9.62 Å². The smallest absolute Gasteiger partial charge is 0.253 e. The summed E-state index contributed by atoms with van der Waals surface area (Å²) in [6.07, 6.45) is 1.07. The Kier molecular flexibility index (Phi) is 4.88. The molecule has 0 aliphatic carbocycles. The van der Waals surface area contributed by atoms with Crippen molar-refractivity contribution in [1.29, 1.82) is 0 Å². The zero-order chi connectivity index (χ0) is 16.5. The molecule has 1 saturated heterocycles. The van der Waals surface area contributed by atoms with Crippen molar-refractivity contribution < 1.29 is 18.0 Å². The van der Waals surface area contributed by atoms with Gasteiger partial charge in [-0.25, -0.2) is 8.42 Å². The summed E-state index contributed by atoms with van der Waals surface area (Å²) in [5, 5.41) is 2.71. The molecule has 9 heteroatoms. The van der Waals surface area contributed by atoms with E-state index in [0.717, 1.165) is 16.2 Å². The standard InChI is InChI=1S/C13H19N3O4S2/c1-8(15-9(2)17)11-5-6-12(21-11)22(19,20)16-7-3-4-10(16)13(14)18/h5-6,8,10H,3-4,7H2,1-2H3,(H2,14,18)(H,15,17)/t8-,10-/m1/s1. The number of hydrogen-bond donors (Lipinski definition) is 2. The number of carbonyl (C=O) groups excluding carboxylic acids is 2. The van der Waals surface area contributed by atoms with Crippen LogP contribution in [0.5, 0.6) is 0 Å². The van der Waals surface area contributed by atoms with Gasteiger partial charge in [0.05, 0.1) is 6.04 Å². The molecule has 0 radical (unpaired) electrons. The molecule has 1 aromatic heterocycles. The summed E-state index contributed by atoms with van der Waals surface area (Å²) in [4.78, 5) is 23.2. The largest absolute Gasteiger partial charge is 0.368 e. The molecule has 7 nitrogen and oxygen atoms in total. The zero-order valence-electron chi connectivity index (χ0n) is 12.4. The van der Waals surface area contributed by atoms with Gasteiger partial charge in [0, 0.05) is 18.3 Å². The molecule has 2 amide bonds. The average molecular weight is 345 g/mol. The van der Waals surface area contributed by atoms with E-state index in [-0.39, 0.29) is 16.2 Å². The summed E-state index contributed by atoms with van der Waals surface area (Å²) < 4.78 is 26.6. The third-order valence-electron chi connectivity index (χ3n) is 3.54. The molecule has 2 rings (SSSR count). The normalized spacial score (nSPS) is 20.7. The molecule has 0 bridgehead atoms. The highest BCUT2D eigenvalue weighted by molar-refractivity contribution is 7.91. The van der Waals surface area contributed by atoms with Gasteiger partial charge in [0.1, 0.15) is 10.3 Å². The molecule has 1 aromatic rings. The van der Waals surface area contributed by atoms with Crippen molar-refractivity contribution in [3.05, 3.63) is 17.0 Å². The van der Waals surface area contributed by atoms with Gasteiger partial charge >= 0.3 is 0 Å². The van der Waals surface area contributed by atoms with E-state index < -0.39 is 22.0 Å². The lowest BCUT2D eigenvalue weighted by molar-refractivity contribution is -0.121. The fourth-order valence-electron chi connectivity index (χ4n) is 2.51. The van der Waals surface area contributed by atoms with Gasteiger partial charge in [-0.2, -0.15) is 4.31 Å². The molecule has 0 spiro atoms. The van der Waals surface area contributed by atoms with Gasteiger partial charge in [0.25, 0.3) is 10.0 Å². The number of nitrogens with one attached hydrogen (secondary N) is 1. The van der Waals surface area contributed by atoms with Gasteiger partial charge in [0.2, 0.25) is 11.8 Å². The minimum absolute atomic E-state index is 0.160. The van der Waals surface area contributed by atoms with Crippen molar-refractivity contribution in [3.8, 4) is 0 Å². The highest BCUT2D eigenvalue weighted by atomic mass is 32.2. The van der Waals surface area contributed by atoms with Crippen molar-refractivity contribution in [2.75, 3.05) is 6.54 Å². The summed E-state index contributed by atoms with van der Waals surface area (Å²) in [6, 6.07) is 2.14. The number of thiophene rings is 1. The van der Waals surface area contributed by atoms with Gasteiger partial charge in [-0.15, -0.1) is 11.3 Å². The Morgan fingerprint density at radius 3 is 2.73 bits per heavy atom. The first-order valence-corrected chi connectivity index (χ1v) is 9.17. The van der Waals surface area contributed by atoms with Crippen LogP contribution in [0.3, 0.4) is 0 Å². The third kappa shape index (κ3) is 3.31. The van der Waals surface area contributed by atoms with Crippen LogP contribution in [0.15, 0.2) is 16.3 Å². The van der Waals surface area contributed by atoms with Gasteiger partial charge in [0.15, 0.2) is 0 Å².